The van der Waals surface area contributed by atoms with Crippen molar-refractivity contribution < 1.29 is 4.79 Å². The van der Waals surface area contributed by atoms with Crippen molar-refractivity contribution in [3.05, 3.63) is 0 Å². The zero-order valence-corrected chi connectivity index (χ0v) is 11.3. The van der Waals surface area contributed by atoms with Crippen LogP contribution in [0.4, 0.5) is 0 Å². The highest BCUT2D eigenvalue weighted by atomic mass is 16.2. The van der Waals surface area contributed by atoms with Crippen LogP contribution >= 0.6 is 0 Å². The van der Waals surface area contributed by atoms with Gasteiger partial charge in [-0.25, -0.2) is 0 Å². The van der Waals surface area contributed by atoms with Gasteiger partial charge in [0.1, 0.15) is 0 Å². The van der Waals surface area contributed by atoms with E-state index in [1.54, 1.807) is 0 Å². The van der Waals surface area contributed by atoms with Crippen molar-refractivity contribution in [2.45, 2.75) is 59.5 Å². The molecule has 0 bridgehead atoms. The van der Waals surface area contributed by atoms with Gasteiger partial charge < -0.3 is 4.90 Å². The van der Waals surface area contributed by atoms with Crippen molar-refractivity contribution >= 4 is 5.91 Å². The second-order valence-corrected chi connectivity index (χ2v) is 5.83. The van der Waals surface area contributed by atoms with Gasteiger partial charge in [0.05, 0.1) is 12.7 Å². The lowest BCUT2D eigenvalue weighted by molar-refractivity contribution is -0.131. The fourth-order valence-electron chi connectivity index (χ4n) is 2.41. The zero-order chi connectivity index (χ0) is 12.3. The van der Waals surface area contributed by atoms with E-state index in [9.17, 15) is 4.79 Å². The molecule has 1 fully saturated rings. The standard InChI is InChI=1S/C13H26N2O/c1-9(2)6-11(5)15-8-14-12(13(15)16)7-10(3)4/h9-12,14H,6-8H2,1-5H3. The SMILES string of the molecule is CC(C)CC1NCN(C(C)CC(C)C)C1=O. The van der Waals surface area contributed by atoms with Crippen LogP contribution in [0, 0.1) is 11.8 Å². The van der Waals surface area contributed by atoms with Gasteiger partial charge in [0, 0.05) is 6.04 Å². The van der Waals surface area contributed by atoms with E-state index in [2.05, 4.69) is 39.9 Å². The van der Waals surface area contributed by atoms with Crippen LogP contribution in [0.5, 0.6) is 0 Å². The summed E-state index contributed by atoms with van der Waals surface area (Å²) in [6, 6.07) is 0.409. The summed E-state index contributed by atoms with van der Waals surface area (Å²) in [5.74, 6) is 1.51. The number of carbonyl (C=O) groups is 1. The van der Waals surface area contributed by atoms with Gasteiger partial charge in [0.15, 0.2) is 0 Å². The van der Waals surface area contributed by atoms with E-state index in [1.807, 2.05) is 4.90 Å². The van der Waals surface area contributed by atoms with E-state index in [0.29, 0.717) is 23.8 Å². The summed E-state index contributed by atoms with van der Waals surface area (Å²) >= 11 is 0. The highest BCUT2D eigenvalue weighted by Gasteiger charge is 2.33. The van der Waals surface area contributed by atoms with E-state index >= 15 is 0 Å². The predicted octanol–water partition coefficient (Wildman–Crippen LogP) is 2.23. The third-order valence-electron chi connectivity index (χ3n) is 3.14. The van der Waals surface area contributed by atoms with E-state index in [4.69, 9.17) is 0 Å². The van der Waals surface area contributed by atoms with E-state index in [-0.39, 0.29) is 6.04 Å². The van der Waals surface area contributed by atoms with Gasteiger partial charge in [-0.05, 0) is 31.6 Å². The van der Waals surface area contributed by atoms with Crippen LogP contribution < -0.4 is 5.32 Å². The number of nitrogens with one attached hydrogen (secondary N) is 1. The summed E-state index contributed by atoms with van der Waals surface area (Å²) in [5, 5.41) is 3.32. The Hall–Kier alpha value is -0.570. The van der Waals surface area contributed by atoms with Crippen molar-refractivity contribution in [3.63, 3.8) is 0 Å². The molecule has 0 aliphatic carbocycles. The maximum absolute atomic E-state index is 12.1. The first-order valence-electron chi connectivity index (χ1n) is 6.45. The van der Waals surface area contributed by atoms with Crippen molar-refractivity contribution in [2.75, 3.05) is 6.67 Å². The molecule has 1 aliphatic heterocycles. The van der Waals surface area contributed by atoms with Gasteiger partial charge in [-0.2, -0.15) is 0 Å². The van der Waals surface area contributed by atoms with Crippen LogP contribution in [0.3, 0.4) is 0 Å². The average molecular weight is 226 g/mol. The first-order chi connectivity index (χ1) is 7.41. The molecule has 0 aromatic rings. The summed E-state index contributed by atoms with van der Waals surface area (Å²) in [6.45, 7) is 11.6. The van der Waals surface area contributed by atoms with Gasteiger partial charge in [-0.1, -0.05) is 27.7 Å². The summed E-state index contributed by atoms with van der Waals surface area (Å²) in [4.78, 5) is 14.1. The second kappa shape index (κ2) is 5.67. The molecule has 0 aromatic carbocycles. The molecule has 2 unspecified atom stereocenters. The van der Waals surface area contributed by atoms with Crippen LogP contribution in [0.15, 0.2) is 0 Å². The molecule has 1 saturated heterocycles. The molecule has 2 atom stereocenters. The van der Waals surface area contributed by atoms with Crippen LogP contribution in [-0.4, -0.2) is 29.6 Å². The molecule has 0 saturated carbocycles. The van der Waals surface area contributed by atoms with Crippen molar-refractivity contribution in [3.8, 4) is 0 Å². The molecule has 1 heterocycles. The summed E-state index contributed by atoms with van der Waals surface area (Å²) < 4.78 is 0. The van der Waals surface area contributed by atoms with Gasteiger partial charge >= 0.3 is 0 Å². The Morgan fingerprint density at radius 2 is 1.88 bits per heavy atom. The number of amides is 1. The Morgan fingerprint density at radius 1 is 1.25 bits per heavy atom. The Morgan fingerprint density at radius 3 is 2.38 bits per heavy atom. The van der Waals surface area contributed by atoms with E-state index in [0.717, 1.165) is 19.5 Å². The minimum Gasteiger partial charge on any atom is -0.326 e. The number of rotatable bonds is 5. The molecule has 3 nitrogen and oxygen atoms in total. The number of hydrogen-bond acceptors (Lipinski definition) is 2. The maximum atomic E-state index is 12.1. The lowest BCUT2D eigenvalue weighted by Gasteiger charge is -2.25. The van der Waals surface area contributed by atoms with Gasteiger partial charge in [0.2, 0.25) is 5.91 Å². The van der Waals surface area contributed by atoms with Crippen molar-refractivity contribution in [2.24, 2.45) is 11.8 Å². The van der Waals surface area contributed by atoms with Crippen molar-refractivity contribution in [1.82, 2.24) is 10.2 Å². The molecule has 0 spiro atoms. The molecular weight excluding hydrogens is 200 g/mol. The Labute approximate surface area is 99.6 Å². The third kappa shape index (κ3) is 3.48. The Kier molecular flexibility index (Phi) is 4.78. The molecule has 1 aliphatic rings. The molecule has 1 rings (SSSR count). The first kappa shape index (κ1) is 13.5. The quantitative estimate of drug-likeness (QED) is 0.779. The monoisotopic (exact) mass is 226 g/mol. The molecule has 94 valence electrons. The second-order valence-electron chi connectivity index (χ2n) is 5.83. The van der Waals surface area contributed by atoms with Crippen LogP contribution in [0.25, 0.3) is 0 Å². The van der Waals surface area contributed by atoms with Gasteiger partial charge in [0.25, 0.3) is 0 Å². The molecule has 0 aromatic heterocycles. The van der Waals surface area contributed by atoms with Crippen LogP contribution in [-0.2, 0) is 4.79 Å². The van der Waals surface area contributed by atoms with Gasteiger partial charge in [-0.15, -0.1) is 0 Å². The van der Waals surface area contributed by atoms with E-state index in [1.165, 1.54) is 0 Å². The minimum absolute atomic E-state index is 0.0506. The molecule has 1 N–H and O–H groups in total. The summed E-state index contributed by atoms with van der Waals surface area (Å²) in [5.41, 5.74) is 0. The molecule has 0 radical (unpaired) electrons. The highest BCUT2D eigenvalue weighted by molar-refractivity contribution is 5.84. The van der Waals surface area contributed by atoms with Crippen molar-refractivity contribution in [1.29, 1.82) is 0 Å². The van der Waals surface area contributed by atoms with E-state index < -0.39 is 0 Å². The smallest absolute Gasteiger partial charge is 0.241 e. The lowest BCUT2D eigenvalue weighted by atomic mass is 10.0. The minimum atomic E-state index is 0.0506. The Balaban J connectivity index is 2.50. The zero-order valence-electron chi connectivity index (χ0n) is 11.3. The fraction of sp³-hybridized carbons (Fsp3) is 0.923. The molecular formula is C13H26N2O. The van der Waals surface area contributed by atoms with Crippen LogP contribution in [0.2, 0.25) is 0 Å². The topological polar surface area (TPSA) is 32.3 Å². The summed E-state index contributed by atoms with van der Waals surface area (Å²) in [7, 11) is 0. The normalized spacial score (nSPS) is 23.6. The largest absolute Gasteiger partial charge is 0.326 e. The highest BCUT2D eigenvalue weighted by Crippen LogP contribution is 2.18. The lowest BCUT2D eigenvalue weighted by Crippen LogP contribution is -2.37. The number of hydrogen-bond donors (Lipinski definition) is 1. The number of carbonyl (C=O) groups excluding carboxylic acids is 1. The van der Waals surface area contributed by atoms with Crippen LogP contribution in [0.1, 0.15) is 47.5 Å². The molecule has 3 heteroatoms. The van der Waals surface area contributed by atoms with Gasteiger partial charge in [-0.3, -0.25) is 10.1 Å². The molecule has 1 amide bonds. The Bertz CT molecular complexity index is 238. The fourth-order valence-corrected chi connectivity index (χ4v) is 2.41. The predicted molar refractivity (Wildman–Crippen MR) is 67.0 cm³/mol. The molecule has 16 heavy (non-hydrogen) atoms. The maximum Gasteiger partial charge on any atom is 0.241 e. The number of nitrogens with zero attached hydrogens (tertiary/aromatic N) is 1. The summed E-state index contributed by atoms with van der Waals surface area (Å²) in [6.07, 6.45) is 2.03. The average Bonchev–Trinajstić information content (AvgIpc) is 2.46. The first-order valence-corrected chi connectivity index (χ1v) is 6.45. The third-order valence-corrected chi connectivity index (χ3v) is 3.14.